The first-order chi connectivity index (χ1) is 12.4. The van der Waals surface area contributed by atoms with Crippen molar-refractivity contribution in [2.24, 2.45) is 0 Å². The lowest BCUT2D eigenvalue weighted by Gasteiger charge is -2.35. The molecule has 0 aliphatic carbocycles. The SMILES string of the molecule is Cc1cc(N2CCN(C(=O)/C=C/c3ccc(C)s3)CC2)nc(C(C)C)n1. The van der Waals surface area contributed by atoms with Crippen molar-refractivity contribution in [3.05, 3.63) is 45.5 Å². The van der Waals surface area contributed by atoms with E-state index in [1.807, 2.05) is 30.0 Å². The van der Waals surface area contributed by atoms with Crippen LogP contribution in [0.5, 0.6) is 0 Å². The van der Waals surface area contributed by atoms with Crippen molar-refractivity contribution in [2.45, 2.75) is 33.6 Å². The van der Waals surface area contributed by atoms with Gasteiger partial charge in [0.25, 0.3) is 0 Å². The Balaban J connectivity index is 1.60. The van der Waals surface area contributed by atoms with Gasteiger partial charge in [-0.25, -0.2) is 9.97 Å². The van der Waals surface area contributed by atoms with Gasteiger partial charge in [-0.3, -0.25) is 4.79 Å². The van der Waals surface area contributed by atoms with Crippen LogP contribution in [0.4, 0.5) is 5.82 Å². The number of carbonyl (C=O) groups is 1. The zero-order chi connectivity index (χ0) is 18.7. The molecule has 0 bridgehead atoms. The third-order valence-electron chi connectivity index (χ3n) is 4.44. The van der Waals surface area contributed by atoms with Gasteiger partial charge in [-0.1, -0.05) is 13.8 Å². The summed E-state index contributed by atoms with van der Waals surface area (Å²) in [6.45, 7) is 11.3. The molecule has 138 valence electrons. The Hall–Kier alpha value is -2.21. The first kappa shape index (κ1) is 18.6. The summed E-state index contributed by atoms with van der Waals surface area (Å²) in [7, 11) is 0. The van der Waals surface area contributed by atoms with Crippen LogP contribution in [0.25, 0.3) is 6.08 Å². The van der Waals surface area contributed by atoms with Gasteiger partial charge < -0.3 is 9.80 Å². The van der Waals surface area contributed by atoms with Crippen molar-refractivity contribution >= 4 is 29.1 Å². The van der Waals surface area contributed by atoms with Gasteiger partial charge in [-0.2, -0.15) is 0 Å². The molecule has 0 aromatic carbocycles. The number of hydrogen-bond acceptors (Lipinski definition) is 5. The molecule has 1 amide bonds. The lowest BCUT2D eigenvalue weighted by Crippen LogP contribution is -2.48. The number of aromatic nitrogens is 2. The lowest BCUT2D eigenvalue weighted by atomic mass is 10.2. The molecule has 3 heterocycles. The maximum Gasteiger partial charge on any atom is 0.246 e. The third kappa shape index (κ3) is 4.49. The van der Waals surface area contributed by atoms with Gasteiger partial charge in [-0.15, -0.1) is 11.3 Å². The van der Waals surface area contributed by atoms with Gasteiger partial charge in [0.15, 0.2) is 0 Å². The summed E-state index contributed by atoms with van der Waals surface area (Å²) in [5.74, 6) is 2.24. The van der Waals surface area contributed by atoms with E-state index in [1.54, 1.807) is 17.4 Å². The summed E-state index contributed by atoms with van der Waals surface area (Å²) in [6, 6.07) is 6.15. The molecule has 1 aliphatic heterocycles. The molecule has 6 heteroatoms. The van der Waals surface area contributed by atoms with Gasteiger partial charge >= 0.3 is 0 Å². The molecule has 1 saturated heterocycles. The number of aryl methyl sites for hydroxylation is 2. The highest BCUT2D eigenvalue weighted by molar-refractivity contribution is 7.12. The molecule has 0 N–H and O–H groups in total. The van der Waals surface area contributed by atoms with Crippen LogP contribution < -0.4 is 4.90 Å². The van der Waals surface area contributed by atoms with Crippen LogP contribution >= 0.6 is 11.3 Å². The van der Waals surface area contributed by atoms with E-state index >= 15 is 0 Å². The predicted molar refractivity (Wildman–Crippen MR) is 108 cm³/mol. The molecule has 0 atom stereocenters. The second-order valence-electron chi connectivity index (χ2n) is 6.97. The van der Waals surface area contributed by atoms with E-state index in [0.29, 0.717) is 19.0 Å². The molecule has 3 rings (SSSR count). The van der Waals surface area contributed by atoms with Crippen molar-refractivity contribution in [1.82, 2.24) is 14.9 Å². The van der Waals surface area contributed by atoms with Crippen LogP contribution in [0.1, 0.15) is 41.0 Å². The Morgan fingerprint density at radius 1 is 1.15 bits per heavy atom. The van der Waals surface area contributed by atoms with E-state index in [-0.39, 0.29) is 5.91 Å². The van der Waals surface area contributed by atoms with Crippen molar-refractivity contribution in [3.63, 3.8) is 0 Å². The molecule has 0 saturated carbocycles. The Morgan fingerprint density at radius 3 is 2.50 bits per heavy atom. The molecule has 5 nitrogen and oxygen atoms in total. The zero-order valence-electron chi connectivity index (χ0n) is 15.9. The second-order valence-corrected chi connectivity index (χ2v) is 8.29. The average molecular weight is 371 g/mol. The van der Waals surface area contributed by atoms with E-state index < -0.39 is 0 Å². The maximum atomic E-state index is 12.4. The Morgan fingerprint density at radius 2 is 1.88 bits per heavy atom. The van der Waals surface area contributed by atoms with Crippen LogP contribution in [0.3, 0.4) is 0 Å². The molecular formula is C20H26N4OS. The van der Waals surface area contributed by atoms with Gasteiger partial charge in [-0.05, 0) is 32.1 Å². The minimum atomic E-state index is 0.0810. The Labute approximate surface area is 159 Å². The lowest BCUT2D eigenvalue weighted by molar-refractivity contribution is -0.126. The smallest absolute Gasteiger partial charge is 0.246 e. The molecule has 0 spiro atoms. The van der Waals surface area contributed by atoms with E-state index in [4.69, 9.17) is 4.98 Å². The monoisotopic (exact) mass is 370 g/mol. The van der Waals surface area contributed by atoms with Crippen molar-refractivity contribution in [3.8, 4) is 0 Å². The number of nitrogens with zero attached hydrogens (tertiary/aromatic N) is 4. The summed E-state index contributed by atoms with van der Waals surface area (Å²) in [4.78, 5) is 28.2. The third-order valence-corrected chi connectivity index (χ3v) is 5.41. The van der Waals surface area contributed by atoms with E-state index in [2.05, 4.69) is 36.7 Å². The maximum absolute atomic E-state index is 12.4. The fraction of sp³-hybridized carbons (Fsp3) is 0.450. The minimum Gasteiger partial charge on any atom is -0.353 e. The summed E-state index contributed by atoms with van der Waals surface area (Å²) >= 11 is 1.70. The number of piperazine rings is 1. The number of rotatable bonds is 4. The predicted octanol–water partition coefficient (Wildman–Crippen LogP) is 3.64. The number of amides is 1. The normalized spacial score (nSPS) is 15.3. The molecule has 1 aliphatic rings. The summed E-state index contributed by atoms with van der Waals surface area (Å²) < 4.78 is 0. The molecule has 2 aromatic rings. The summed E-state index contributed by atoms with van der Waals surface area (Å²) in [5, 5.41) is 0. The highest BCUT2D eigenvalue weighted by Gasteiger charge is 2.21. The molecule has 0 unspecified atom stereocenters. The molecular weight excluding hydrogens is 344 g/mol. The number of anilines is 1. The molecule has 1 fully saturated rings. The average Bonchev–Trinajstić information content (AvgIpc) is 3.04. The Bertz CT molecular complexity index is 804. The standard InChI is InChI=1S/C20H26N4OS/c1-14(2)20-21-15(3)13-18(22-20)23-9-11-24(12-10-23)19(25)8-7-17-6-5-16(4)26-17/h5-8,13-14H,9-12H2,1-4H3/b8-7+. The summed E-state index contributed by atoms with van der Waals surface area (Å²) in [6.07, 6.45) is 3.60. The Kier molecular flexibility index (Phi) is 5.71. The molecule has 26 heavy (non-hydrogen) atoms. The highest BCUT2D eigenvalue weighted by atomic mass is 32.1. The first-order valence-electron chi connectivity index (χ1n) is 9.06. The quantitative estimate of drug-likeness (QED) is 0.771. The topological polar surface area (TPSA) is 49.3 Å². The fourth-order valence-electron chi connectivity index (χ4n) is 2.95. The number of thiophene rings is 1. The summed E-state index contributed by atoms with van der Waals surface area (Å²) in [5.41, 5.74) is 0.992. The van der Waals surface area contributed by atoms with Crippen LogP contribution in [-0.2, 0) is 4.79 Å². The van der Waals surface area contributed by atoms with Crippen molar-refractivity contribution in [2.75, 3.05) is 31.1 Å². The van der Waals surface area contributed by atoms with E-state index in [9.17, 15) is 4.79 Å². The van der Waals surface area contributed by atoms with Crippen LogP contribution in [-0.4, -0.2) is 47.0 Å². The van der Waals surface area contributed by atoms with Crippen molar-refractivity contribution < 1.29 is 4.79 Å². The molecule has 0 radical (unpaired) electrons. The van der Waals surface area contributed by atoms with Crippen LogP contribution in [0.2, 0.25) is 0 Å². The highest BCUT2D eigenvalue weighted by Crippen LogP contribution is 2.19. The zero-order valence-corrected chi connectivity index (χ0v) is 16.7. The van der Waals surface area contributed by atoms with Gasteiger partial charge in [0.1, 0.15) is 11.6 Å². The minimum absolute atomic E-state index is 0.0810. The van der Waals surface area contributed by atoms with Crippen LogP contribution in [0.15, 0.2) is 24.3 Å². The van der Waals surface area contributed by atoms with Gasteiger partial charge in [0, 0.05) is 59.7 Å². The van der Waals surface area contributed by atoms with Crippen LogP contribution in [0, 0.1) is 13.8 Å². The van der Waals surface area contributed by atoms with Gasteiger partial charge in [0.2, 0.25) is 5.91 Å². The fourth-order valence-corrected chi connectivity index (χ4v) is 3.73. The number of carbonyl (C=O) groups excluding carboxylic acids is 1. The largest absolute Gasteiger partial charge is 0.353 e. The number of hydrogen-bond donors (Lipinski definition) is 0. The first-order valence-corrected chi connectivity index (χ1v) is 9.88. The molecule has 2 aromatic heterocycles. The van der Waals surface area contributed by atoms with E-state index in [0.717, 1.165) is 35.3 Å². The second kappa shape index (κ2) is 7.99. The van der Waals surface area contributed by atoms with E-state index in [1.165, 1.54) is 4.88 Å². The van der Waals surface area contributed by atoms with Crippen molar-refractivity contribution in [1.29, 1.82) is 0 Å². The van der Waals surface area contributed by atoms with Gasteiger partial charge in [0.05, 0.1) is 0 Å².